The predicted molar refractivity (Wildman–Crippen MR) is 77.9 cm³/mol. The molecule has 0 saturated carbocycles. The largest absolute Gasteiger partial charge is 0.360 e. The van der Waals surface area contributed by atoms with E-state index in [9.17, 15) is 5.26 Å². The van der Waals surface area contributed by atoms with Gasteiger partial charge in [0.25, 0.3) is 0 Å². The molecular weight excluding hydrogens is 244 g/mol. The van der Waals surface area contributed by atoms with Crippen molar-refractivity contribution < 1.29 is 4.74 Å². The molecule has 1 rings (SSSR count). The Bertz CT molecular complexity index is 285. The van der Waals surface area contributed by atoms with E-state index in [1.54, 1.807) is 0 Å². The minimum absolute atomic E-state index is 0.345. The Balaban J connectivity index is 2.29. The lowest BCUT2D eigenvalue weighted by molar-refractivity contribution is -0.0375. The van der Waals surface area contributed by atoms with E-state index >= 15 is 0 Å². The Hall–Kier alpha value is -0.240. The highest BCUT2D eigenvalue weighted by molar-refractivity contribution is 8.00. The molecule has 1 aliphatic heterocycles. The van der Waals surface area contributed by atoms with E-state index in [2.05, 4.69) is 31.7 Å². The summed E-state index contributed by atoms with van der Waals surface area (Å²) in [4.78, 5) is 2.45. The summed E-state index contributed by atoms with van der Waals surface area (Å²) in [5.74, 6) is 1.16. The van der Waals surface area contributed by atoms with Gasteiger partial charge in [-0.1, -0.05) is 20.8 Å². The summed E-state index contributed by atoms with van der Waals surface area (Å²) in [6.45, 7) is 12.4. The number of likely N-dealkylation sites (tertiary alicyclic amines) is 1. The van der Waals surface area contributed by atoms with Gasteiger partial charge in [-0.25, -0.2) is 0 Å². The number of thioether (sulfide) groups is 1. The van der Waals surface area contributed by atoms with E-state index in [0.717, 1.165) is 38.2 Å². The van der Waals surface area contributed by atoms with Gasteiger partial charge in [-0.3, -0.25) is 0 Å². The Morgan fingerprint density at radius 2 is 1.94 bits per heavy atom. The summed E-state index contributed by atoms with van der Waals surface area (Å²) in [6, 6.07) is 2.37. The molecule has 0 N–H and O–H groups in total. The Labute approximate surface area is 116 Å². The zero-order valence-corrected chi connectivity index (χ0v) is 13.0. The lowest BCUT2D eigenvalue weighted by Gasteiger charge is -2.37. The zero-order chi connectivity index (χ0) is 13.6. The molecule has 1 heterocycles. The van der Waals surface area contributed by atoms with Crippen molar-refractivity contribution in [2.75, 3.05) is 32.0 Å². The second kappa shape index (κ2) is 6.79. The topological polar surface area (TPSA) is 36.3 Å². The van der Waals surface area contributed by atoms with Crippen molar-refractivity contribution in [3.63, 3.8) is 0 Å². The first kappa shape index (κ1) is 15.8. The summed E-state index contributed by atoms with van der Waals surface area (Å²) in [6.07, 6.45) is 1.69. The third-order valence-electron chi connectivity index (χ3n) is 3.23. The van der Waals surface area contributed by atoms with Gasteiger partial charge < -0.3 is 9.64 Å². The van der Waals surface area contributed by atoms with Crippen LogP contribution in [0.4, 0.5) is 0 Å². The van der Waals surface area contributed by atoms with Gasteiger partial charge in [-0.05, 0) is 6.92 Å². The molecule has 0 bridgehead atoms. The minimum atomic E-state index is -0.511. The van der Waals surface area contributed by atoms with Gasteiger partial charge in [0.2, 0.25) is 0 Å². The summed E-state index contributed by atoms with van der Waals surface area (Å²) in [5.41, 5.74) is -0.511. The van der Waals surface area contributed by atoms with Crippen molar-refractivity contribution in [3.05, 3.63) is 0 Å². The number of ether oxygens (including phenoxy) is 1. The highest BCUT2D eigenvalue weighted by Gasteiger charge is 2.35. The van der Waals surface area contributed by atoms with Crippen LogP contribution in [-0.2, 0) is 4.74 Å². The number of piperidine rings is 1. The molecule has 0 aromatic rings. The molecule has 18 heavy (non-hydrogen) atoms. The molecule has 0 atom stereocenters. The van der Waals surface area contributed by atoms with Crippen LogP contribution in [-0.4, -0.2) is 47.2 Å². The first-order chi connectivity index (χ1) is 8.41. The van der Waals surface area contributed by atoms with Gasteiger partial charge in [0, 0.05) is 49.6 Å². The van der Waals surface area contributed by atoms with Crippen LogP contribution in [0.25, 0.3) is 0 Å². The van der Waals surface area contributed by atoms with E-state index in [1.165, 1.54) is 0 Å². The van der Waals surface area contributed by atoms with Gasteiger partial charge in [0.15, 0.2) is 5.60 Å². The van der Waals surface area contributed by atoms with Crippen molar-refractivity contribution in [3.8, 4) is 6.07 Å². The third kappa shape index (κ3) is 5.17. The minimum Gasteiger partial charge on any atom is -0.360 e. The monoisotopic (exact) mass is 270 g/mol. The molecule has 1 fully saturated rings. The molecule has 0 radical (unpaired) electrons. The van der Waals surface area contributed by atoms with E-state index in [-0.39, 0.29) is 0 Å². The fraction of sp³-hybridized carbons (Fsp3) is 0.929. The molecule has 1 saturated heterocycles. The average molecular weight is 270 g/mol. The summed E-state index contributed by atoms with van der Waals surface area (Å²) >= 11 is 2.01. The van der Waals surface area contributed by atoms with Gasteiger partial charge in [0.1, 0.15) is 0 Å². The Morgan fingerprint density at radius 1 is 1.33 bits per heavy atom. The molecular formula is C14H26N2OS. The van der Waals surface area contributed by atoms with E-state index in [1.807, 2.05) is 18.7 Å². The van der Waals surface area contributed by atoms with Crippen LogP contribution in [0.3, 0.4) is 0 Å². The van der Waals surface area contributed by atoms with Gasteiger partial charge in [0.05, 0.1) is 6.07 Å². The quantitative estimate of drug-likeness (QED) is 0.769. The van der Waals surface area contributed by atoms with Gasteiger partial charge in [-0.2, -0.15) is 17.0 Å². The van der Waals surface area contributed by atoms with Crippen molar-refractivity contribution in [2.45, 2.75) is 50.9 Å². The number of hydrogen-bond donors (Lipinski definition) is 0. The molecule has 0 amide bonds. The first-order valence-corrected chi connectivity index (χ1v) is 7.81. The summed E-state index contributed by atoms with van der Waals surface area (Å²) < 4.78 is 5.98. The smallest absolute Gasteiger partial charge is 0.156 e. The molecule has 104 valence electrons. The number of nitrogens with zero attached hydrogens (tertiary/aromatic N) is 2. The van der Waals surface area contributed by atoms with Gasteiger partial charge in [-0.15, -0.1) is 0 Å². The van der Waals surface area contributed by atoms with Crippen LogP contribution < -0.4 is 0 Å². The van der Waals surface area contributed by atoms with Crippen LogP contribution in [0.5, 0.6) is 0 Å². The molecule has 3 nitrogen and oxygen atoms in total. The zero-order valence-electron chi connectivity index (χ0n) is 12.2. The fourth-order valence-electron chi connectivity index (χ4n) is 2.18. The number of hydrogen-bond acceptors (Lipinski definition) is 4. The van der Waals surface area contributed by atoms with Crippen LogP contribution in [0.15, 0.2) is 0 Å². The molecule has 1 aliphatic rings. The molecule has 0 unspecified atom stereocenters. The molecule has 0 aromatic carbocycles. The maximum Gasteiger partial charge on any atom is 0.156 e. The second-order valence-corrected chi connectivity index (χ2v) is 7.76. The Kier molecular flexibility index (Phi) is 5.97. The van der Waals surface area contributed by atoms with Crippen molar-refractivity contribution >= 4 is 11.8 Å². The summed E-state index contributed by atoms with van der Waals surface area (Å²) in [5, 5.41) is 9.24. The molecule has 0 spiro atoms. The highest BCUT2D eigenvalue weighted by atomic mass is 32.2. The van der Waals surface area contributed by atoms with Crippen LogP contribution in [0.1, 0.15) is 40.5 Å². The number of nitriles is 1. The van der Waals surface area contributed by atoms with Crippen molar-refractivity contribution in [2.24, 2.45) is 0 Å². The number of rotatable bonds is 5. The molecule has 0 aromatic heterocycles. The average Bonchev–Trinajstić information content (AvgIpc) is 2.30. The maximum atomic E-state index is 9.24. The second-order valence-electron chi connectivity index (χ2n) is 5.84. The normalized spacial score (nSPS) is 20.6. The van der Waals surface area contributed by atoms with Crippen LogP contribution >= 0.6 is 11.8 Å². The SMILES string of the molecule is CCOC1(C#N)CCN(CCSC(C)(C)C)CC1. The van der Waals surface area contributed by atoms with Crippen LogP contribution in [0, 0.1) is 11.3 Å². The van der Waals surface area contributed by atoms with E-state index in [4.69, 9.17) is 4.74 Å². The highest BCUT2D eigenvalue weighted by Crippen LogP contribution is 2.27. The maximum absolute atomic E-state index is 9.24. The van der Waals surface area contributed by atoms with Crippen LogP contribution in [0.2, 0.25) is 0 Å². The Morgan fingerprint density at radius 3 is 2.39 bits per heavy atom. The van der Waals surface area contributed by atoms with Crippen molar-refractivity contribution in [1.82, 2.24) is 4.90 Å². The molecule has 4 heteroatoms. The standard InChI is InChI=1S/C14H26N2OS/c1-5-17-14(12-15)6-8-16(9-7-14)10-11-18-13(2,3)4/h5-11H2,1-4H3. The summed E-state index contributed by atoms with van der Waals surface area (Å²) in [7, 11) is 0. The fourth-order valence-corrected chi connectivity index (χ4v) is 3.15. The van der Waals surface area contributed by atoms with E-state index in [0.29, 0.717) is 11.4 Å². The van der Waals surface area contributed by atoms with E-state index < -0.39 is 5.60 Å². The predicted octanol–water partition coefficient (Wildman–Crippen LogP) is 2.91. The lowest BCUT2D eigenvalue weighted by Crippen LogP contribution is -2.46. The first-order valence-electron chi connectivity index (χ1n) is 6.82. The molecule has 0 aliphatic carbocycles. The third-order valence-corrected chi connectivity index (χ3v) is 4.48. The van der Waals surface area contributed by atoms with Crippen molar-refractivity contribution in [1.29, 1.82) is 5.26 Å². The lowest BCUT2D eigenvalue weighted by atomic mass is 9.93. The van der Waals surface area contributed by atoms with Gasteiger partial charge >= 0.3 is 0 Å².